The number of benzene rings is 1. The van der Waals surface area contributed by atoms with Crippen molar-refractivity contribution < 1.29 is 13.5 Å². The van der Waals surface area contributed by atoms with Gasteiger partial charge >= 0.3 is 0 Å². The van der Waals surface area contributed by atoms with Crippen LogP contribution in [0.2, 0.25) is 0 Å². The maximum absolute atomic E-state index is 13.5. The van der Waals surface area contributed by atoms with Crippen molar-refractivity contribution in [2.75, 3.05) is 6.61 Å². The van der Waals surface area contributed by atoms with Gasteiger partial charge in [0, 0.05) is 11.4 Å². The zero-order valence-corrected chi connectivity index (χ0v) is 11.2. The van der Waals surface area contributed by atoms with Crippen LogP contribution in [0.5, 0.6) is 0 Å². The number of alkyl halides is 1. The second kappa shape index (κ2) is 5.44. The second-order valence-electron chi connectivity index (χ2n) is 4.46. The predicted octanol–water partition coefficient (Wildman–Crippen LogP) is 3.70. The van der Waals surface area contributed by atoms with Crippen molar-refractivity contribution >= 4 is 15.9 Å². The van der Waals surface area contributed by atoms with E-state index in [-0.39, 0.29) is 10.9 Å². The minimum Gasteiger partial charge on any atom is -0.378 e. The molecule has 0 N–H and O–H groups in total. The summed E-state index contributed by atoms with van der Waals surface area (Å²) in [5.74, 6) is -1.15. The lowest BCUT2D eigenvalue weighted by molar-refractivity contribution is 0.105. The summed E-state index contributed by atoms with van der Waals surface area (Å²) in [7, 11) is 0. The third-order valence-electron chi connectivity index (χ3n) is 3.35. The van der Waals surface area contributed by atoms with E-state index in [0.717, 1.165) is 19.1 Å². The first-order valence-corrected chi connectivity index (χ1v) is 6.69. The summed E-state index contributed by atoms with van der Waals surface area (Å²) in [6, 6.07) is 4.32. The van der Waals surface area contributed by atoms with Crippen molar-refractivity contribution in [1.82, 2.24) is 0 Å². The normalized spacial score (nSPS) is 26.1. The summed E-state index contributed by atoms with van der Waals surface area (Å²) < 4.78 is 32.1. The minimum absolute atomic E-state index is 0.122. The Morgan fingerprint density at radius 2 is 2.24 bits per heavy atom. The largest absolute Gasteiger partial charge is 0.378 e. The molecule has 0 radical (unpaired) electrons. The summed E-state index contributed by atoms with van der Waals surface area (Å²) in [5.41, 5.74) is 0.422. The molecule has 94 valence electrons. The Morgan fingerprint density at radius 1 is 1.47 bits per heavy atom. The second-order valence-corrected chi connectivity index (χ2v) is 5.64. The lowest BCUT2D eigenvalue weighted by Gasteiger charge is -2.20. The molecule has 1 aromatic carbocycles. The van der Waals surface area contributed by atoms with Crippen LogP contribution in [-0.2, 0) is 11.2 Å². The van der Waals surface area contributed by atoms with Gasteiger partial charge in [0.2, 0.25) is 0 Å². The van der Waals surface area contributed by atoms with Gasteiger partial charge < -0.3 is 4.74 Å². The summed E-state index contributed by atoms with van der Waals surface area (Å²) >= 11 is 3.57. The van der Waals surface area contributed by atoms with Crippen LogP contribution < -0.4 is 0 Å². The summed E-state index contributed by atoms with van der Waals surface area (Å²) in [6.45, 7) is 2.77. The first-order valence-electron chi connectivity index (χ1n) is 5.78. The predicted molar refractivity (Wildman–Crippen MR) is 66.3 cm³/mol. The molecule has 1 aromatic rings. The van der Waals surface area contributed by atoms with Crippen LogP contribution in [0.3, 0.4) is 0 Å². The van der Waals surface area contributed by atoms with E-state index in [1.807, 2.05) is 6.92 Å². The number of ether oxygens (including phenoxy) is 1. The van der Waals surface area contributed by atoms with Crippen molar-refractivity contribution in [3.8, 4) is 0 Å². The topological polar surface area (TPSA) is 9.23 Å². The van der Waals surface area contributed by atoms with E-state index >= 15 is 0 Å². The molecule has 0 spiro atoms. The van der Waals surface area contributed by atoms with Gasteiger partial charge in [0.15, 0.2) is 11.6 Å². The molecule has 2 rings (SSSR count). The lowest BCUT2D eigenvalue weighted by atomic mass is 9.94. The molecule has 3 atom stereocenters. The molecule has 0 bridgehead atoms. The molecule has 0 aliphatic carbocycles. The molecule has 1 aliphatic heterocycles. The summed E-state index contributed by atoms with van der Waals surface area (Å²) in [6.07, 6.45) is 1.63. The van der Waals surface area contributed by atoms with E-state index < -0.39 is 11.6 Å². The molecule has 1 aliphatic rings. The maximum Gasteiger partial charge on any atom is 0.162 e. The molecular formula is C13H15BrF2O. The average molecular weight is 305 g/mol. The third kappa shape index (κ3) is 2.86. The highest BCUT2D eigenvalue weighted by atomic mass is 79.9. The SMILES string of the molecule is CC1OCCC1C(Br)Cc1cccc(F)c1F. The third-order valence-corrected chi connectivity index (χ3v) is 4.35. The fourth-order valence-electron chi connectivity index (χ4n) is 2.29. The molecule has 17 heavy (non-hydrogen) atoms. The fourth-order valence-corrected chi connectivity index (χ4v) is 3.33. The Balaban J connectivity index is 2.07. The fraction of sp³-hybridized carbons (Fsp3) is 0.538. The van der Waals surface area contributed by atoms with Gasteiger partial charge in [-0.15, -0.1) is 0 Å². The zero-order chi connectivity index (χ0) is 12.4. The van der Waals surface area contributed by atoms with Crippen LogP contribution in [0.15, 0.2) is 18.2 Å². The van der Waals surface area contributed by atoms with Crippen LogP contribution in [-0.4, -0.2) is 17.5 Å². The molecule has 1 heterocycles. The van der Waals surface area contributed by atoms with Gasteiger partial charge in [-0.3, -0.25) is 0 Å². The number of halogens is 3. The van der Waals surface area contributed by atoms with E-state index in [9.17, 15) is 8.78 Å². The van der Waals surface area contributed by atoms with Gasteiger partial charge in [0.05, 0.1) is 6.10 Å². The van der Waals surface area contributed by atoms with Crippen LogP contribution in [0, 0.1) is 17.6 Å². The van der Waals surface area contributed by atoms with Crippen LogP contribution in [0.1, 0.15) is 18.9 Å². The first-order chi connectivity index (χ1) is 8.09. The molecule has 1 nitrogen and oxygen atoms in total. The number of hydrogen-bond acceptors (Lipinski definition) is 1. The minimum atomic E-state index is -0.780. The Morgan fingerprint density at radius 3 is 2.88 bits per heavy atom. The van der Waals surface area contributed by atoms with Gasteiger partial charge in [0.1, 0.15) is 0 Å². The van der Waals surface area contributed by atoms with Gasteiger partial charge in [-0.1, -0.05) is 28.1 Å². The van der Waals surface area contributed by atoms with Crippen molar-refractivity contribution in [3.05, 3.63) is 35.4 Å². The van der Waals surface area contributed by atoms with Gasteiger partial charge in [-0.2, -0.15) is 0 Å². The Labute approximate surface area is 108 Å². The first kappa shape index (κ1) is 13.0. The van der Waals surface area contributed by atoms with Gasteiger partial charge in [-0.05, 0) is 37.3 Å². The molecule has 1 fully saturated rings. The van der Waals surface area contributed by atoms with E-state index in [2.05, 4.69) is 15.9 Å². The van der Waals surface area contributed by atoms with Crippen LogP contribution in [0.25, 0.3) is 0 Å². The highest BCUT2D eigenvalue weighted by Crippen LogP contribution is 2.31. The lowest BCUT2D eigenvalue weighted by Crippen LogP contribution is -2.23. The zero-order valence-electron chi connectivity index (χ0n) is 9.63. The molecule has 4 heteroatoms. The van der Waals surface area contributed by atoms with E-state index in [1.54, 1.807) is 12.1 Å². The summed E-state index contributed by atoms with van der Waals surface area (Å²) in [5, 5.41) is 0. The number of rotatable bonds is 3. The van der Waals surface area contributed by atoms with Crippen molar-refractivity contribution in [2.45, 2.75) is 30.7 Å². The van der Waals surface area contributed by atoms with E-state index in [0.29, 0.717) is 17.9 Å². The number of hydrogen-bond donors (Lipinski definition) is 0. The van der Waals surface area contributed by atoms with Crippen molar-refractivity contribution in [1.29, 1.82) is 0 Å². The van der Waals surface area contributed by atoms with E-state index in [1.165, 1.54) is 0 Å². The monoisotopic (exact) mass is 304 g/mol. The summed E-state index contributed by atoms with van der Waals surface area (Å²) in [4.78, 5) is 0.122. The average Bonchev–Trinajstić information content (AvgIpc) is 2.71. The van der Waals surface area contributed by atoms with Gasteiger partial charge in [-0.25, -0.2) is 8.78 Å². The van der Waals surface area contributed by atoms with Crippen LogP contribution >= 0.6 is 15.9 Å². The van der Waals surface area contributed by atoms with Crippen molar-refractivity contribution in [3.63, 3.8) is 0 Å². The Bertz CT molecular complexity index is 397. The Hall–Kier alpha value is -0.480. The quantitative estimate of drug-likeness (QED) is 0.774. The molecule has 1 saturated heterocycles. The molecular weight excluding hydrogens is 290 g/mol. The molecule has 0 amide bonds. The standard InChI is InChI=1S/C13H15BrF2O/c1-8-10(5-6-17-8)11(14)7-9-3-2-4-12(15)13(9)16/h2-4,8,10-11H,5-7H2,1H3. The maximum atomic E-state index is 13.5. The van der Waals surface area contributed by atoms with Crippen LogP contribution in [0.4, 0.5) is 8.78 Å². The molecule has 3 unspecified atom stereocenters. The van der Waals surface area contributed by atoms with Gasteiger partial charge in [0.25, 0.3) is 0 Å². The highest BCUT2D eigenvalue weighted by Gasteiger charge is 2.30. The highest BCUT2D eigenvalue weighted by molar-refractivity contribution is 9.09. The molecule has 0 saturated carbocycles. The Kier molecular flexibility index (Phi) is 4.15. The van der Waals surface area contributed by atoms with E-state index in [4.69, 9.17) is 4.74 Å². The smallest absolute Gasteiger partial charge is 0.162 e. The van der Waals surface area contributed by atoms with Crippen molar-refractivity contribution in [2.24, 2.45) is 5.92 Å². The molecule has 0 aromatic heterocycles.